The van der Waals surface area contributed by atoms with Gasteiger partial charge in [0.2, 0.25) is 10.0 Å². The SMILES string of the molecule is CCOc1ccc(N(CCC#N)C(=O)COC(=O)c2cccc(S(=O)(=O)N3CCCC3)c2)cc1. The summed E-state index contributed by atoms with van der Waals surface area (Å²) in [7, 11) is -3.68. The Morgan fingerprint density at radius 2 is 1.82 bits per heavy atom. The van der Waals surface area contributed by atoms with Gasteiger partial charge < -0.3 is 14.4 Å². The van der Waals surface area contributed by atoms with E-state index in [1.165, 1.54) is 33.5 Å². The van der Waals surface area contributed by atoms with Crippen LogP contribution in [-0.4, -0.2) is 57.4 Å². The molecule has 1 aliphatic rings. The van der Waals surface area contributed by atoms with Crippen LogP contribution in [-0.2, 0) is 19.6 Å². The number of ether oxygens (including phenoxy) is 2. The summed E-state index contributed by atoms with van der Waals surface area (Å²) in [5.74, 6) is -0.665. The van der Waals surface area contributed by atoms with Crippen molar-refractivity contribution in [1.82, 2.24) is 4.31 Å². The molecular formula is C24H27N3O6S. The average Bonchev–Trinajstić information content (AvgIpc) is 3.40. The number of benzene rings is 2. The molecule has 0 unspecified atom stereocenters. The Hall–Kier alpha value is -3.42. The third kappa shape index (κ3) is 6.12. The number of amides is 1. The highest BCUT2D eigenvalue weighted by Gasteiger charge is 2.28. The number of sulfonamides is 1. The third-order valence-corrected chi connectivity index (χ3v) is 7.20. The van der Waals surface area contributed by atoms with E-state index in [-0.39, 0.29) is 23.4 Å². The molecule has 180 valence electrons. The quantitative estimate of drug-likeness (QED) is 0.475. The predicted molar refractivity (Wildman–Crippen MR) is 125 cm³/mol. The van der Waals surface area contributed by atoms with E-state index in [4.69, 9.17) is 14.7 Å². The van der Waals surface area contributed by atoms with Gasteiger partial charge in [-0.1, -0.05) is 6.07 Å². The minimum atomic E-state index is -3.68. The molecule has 0 bridgehead atoms. The number of carbonyl (C=O) groups excluding carboxylic acids is 2. The van der Waals surface area contributed by atoms with Crippen molar-refractivity contribution in [2.75, 3.05) is 37.7 Å². The second-order valence-corrected chi connectivity index (χ2v) is 9.53. The lowest BCUT2D eigenvalue weighted by Crippen LogP contribution is -2.35. The molecule has 1 aliphatic heterocycles. The Morgan fingerprint density at radius 1 is 1.12 bits per heavy atom. The van der Waals surface area contributed by atoms with Gasteiger partial charge in [-0.05, 0) is 62.2 Å². The van der Waals surface area contributed by atoms with Crippen LogP contribution in [0.1, 0.15) is 36.5 Å². The van der Waals surface area contributed by atoms with E-state index in [1.54, 1.807) is 24.3 Å². The molecule has 9 nitrogen and oxygen atoms in total. The van der Waals surface area contributed by atoms with Crippen LogP contribution in [0.5, 0.6) is 5.75 Å². The number of nitriles is 1. The molecule has 3 rings (SSSR count). The van der Waals surface area contributed by atoms with Crippen LogP contribution in [0.15, 0.2) is 53.4 Å². The lowest BCUT2D eigenvalue weighted by molar-refractivity contribution is -0.121. The van der Waals surface area contributed by atoms with Gasteiger partial charge in [0.05, 0.1) is 29.6 Å². The highest BCUT2D eigenvalue weighted by Crippen LogP contribution is 2.23. The molecule has 1 heterocycles. The van der Waals surface area contributed by atoms with Crippen molar-refractivity contribution in [3.63, 3.8) is 0 Å². The van der Waals surface area contributed by atoms with Crippen LogP contribution in [0.4, 0.5) is 5.69 Å². The van der Waals surface area contributed by atoms with E-state index in [9.17, 15) is 18.0 Å². The molecule has 0 aromatic heterocycles. The molecule has 10 heteroatoms. The van der Waals surface area contributed by atoms with Gasteiger partial charge in [0.15, 0.2) is 6.61 Å². The molecule has 1 amide bonds. The fourth-order valence-corrected chi connectivity index (χ4v) is 5.16. The summed E-state index contributed by atoms with van der Waals surface area (Å²) in [4.78, 5) is 26.7. The van der Waals surface area contributed by atoms with Crippen molar-refractivity contribution < 1.29 is 27.5 Å². The Bertz CT molecular complexity index is 1150. The zero-order valence-corrected chi connectivity index (χ0v) is 19.8. The zero-order chi connectivity index (χ0) is 24.6. The molecule has 2 aromatic carbocycles. The van der Waals surface area contributed by atoms with E-state index in [0.717, 1.165) is 12.8 Å². The maximum absolute atomic E-state index is 12.8. The predicted octanol–water partition coefficient (Wildman–Crippen LogP) is 2.97. The average molecular weight is 486 g/mol. The summed E-state index contributed by atoms with van der Waals surface area (Å²) < 4.78 is 37.5. The molecule has 0 N–H and O–H groups in total. The molecule has 1 fully saturated rings. The summed E-state index contributed by atoms with van der Waals surface area (Å²) >= 11 is 0. The van der Waals surface area contributed by atoms with E-state index in [0.29, 0.717) is 31.1 Å². The Kier molecular flexibility index (Phi) is 8.62. The Labute approximate surface area is 199 Å². The Morgan fingerprint density at radius 3 is 2.47 bits per heavy atom. The van der Waals surface area contributed by atoms with Crippen LogP contribution in [0.25, 0.3) is 0 Å². The monoisotopic (exact) mass is 485 g/mol. The van der Waals surface area contributed by atoms with Crippen LogP contribution < -0.4 is 9.64 Å². The Balaban J connectivity index is 1.68. The van der Waals surface area contributed by atoms with E-state index in [1.807, 2.05) is 13.0 Å². The zero-order valence-electron chi connectivity index (χ0n) is 19.0. The largest absolute Gasteiger partial charge is 0.494 e. The van der Waals surface area contributed by atoms with Gasteiger partial charge >= 0.3 is 5.97 Å². The number of rotatable bonds is 10. The van der Waals surface area contributed by atoms with Crippen molar-refractivity contribution in [1.29, 1.82) is 5.26 Å². The van der Waals surface area contributed by atoms with Crippen molar-refractivity contribution in [2.45, 2.75) is 31.1 Å². The summed E-state index contributed by atoms with van der Waals surface area (Å²) in [5, 5.41) is 8.95. The lowest BCUT2D eigenvalue weighted by Gasteiger charge is -2.22. The normalized spacial score (nSPS) is 13.8. The minimum absolute atomic E-state index is 0.0141. The van der Waals surface area contributed by atoms with Gasteiger partial charge in [-0.15, -0.1) is 0 Å². The van der Waals surface area contributed by atoms with Gasteiger partial charge in [0, 0.05) is 25.3 Å². The molecule has 2 aromatic rings. The second-order valence-electron chi connectivity index (χ2n) is 7.60. The number of esters is 1. The minimum Gasteiger partial charge on any atom is -0.494 e. The van der Waals surface area contributed by atoms with Crippen molar-refractivity contribution in [3.8, 4) is 11.8 Å². The van der Waals surface area contributed by atoms with Gasteiger partial charge in [-0.2, -0.15) is 9.57 Å². The molecule has 1 saturated heterocycles. The highest BCUT2D eigenvalue weighted by atomic mass is 32.2. The molecule has 0 radical (unpaired) electrons. The van der Waals surface area contributed by atoms with Gasteiger partial charge in [0.1, 0.15) is 5.75 Å². The van der Waals surface area contributed by atoms with Crippen LogP contribution in [0.3, 0.4) is 0 Å². The number of anilines is 1. The number of carbonyl (C=O) groups is 2. The molecule has 0 spiro atoms. The first-order valence-corrected chi connectivity index (χ1v) is 12.5. The van der Waals surface area contributed by atoms with Crippen molar-refractivity contribution >= 4 is 27.6 Å². The van der Waals surface area contributed by atoms with Gasteiger partial charge in [0.25, 0.3) is 5.91 Å². The van der Waals surface area contributed by atoms with Gasteiger partial charge in [-0.25, -0.2) is 13.2 Å². The summed E-state index contributed by atoms with van der Waals surface area (Å²) in [6.07, 6.45) is 1.71. The number of nitrogens with zero attached hydrogens (tertiary/aromatic N) is 3. The first kappa shape index (κ1) is 25.2. The van der Waals surface area contributed by atoms with Crippen LogP contribution in [0.2, 0.25) is 0 Å². The van der Waals surface area contributed by atoms with Gasteiger partial charge in [-0.3, -0.25) is 4.79 Å². The van der Waals surface area contributed by atoms with Crippen LogP contribution in [0, 0.1) is 11.3 Å². The van der Waals surface area contributed by atoms with E-state index >= 15 is 0 Å². The molecule has 34 heavy (non-hydrogen) atoms. The highest BCUT2D eigenvalue weighted by molar-refractivity contribution is 7.89. The second kappa shape index (κ2) is 11.6. The molecule has 0 saturated carbocycles. The first-order chi connectivity index (χ1) is 16.4. The first-order valence-electron chi connectivity index (χ1n) is 11.0. The topological polar surface area (TPSA) is 117 Å². The van der Waals surface area contributed by atoms with E-state index in [2.05, 4.69) is 0 Å². The smallest absolute Gasteiger partial charge is 0.338 e. The third-order valence-electron chi connectivity index (χ3n) is 5.31. The van der Waals surface area contributed by atoms with Crippen molar-refractivity contribution in [2.24, 2.45) is 0 Å². The lowest BCUT2D eigenvalue weighted by atomic mass is 10.2. The maximum atomic E-state index is 12.8. The maximum Gasteiger partial charge on any atom is 0.338 e. The van der Waals surface area contributed by atoms with E-state index < -0.39 is 28.5 Å². The number of hydrogen-bond acceptors (Lipinski definition) is 7. The summed E-state index contributed by atoms with van der Waals surface area (Å²) in [5.41, 5.74) is 0.580. The molecular weight excluding hydrogens is 458 g/mol. The standard InChI is InChI=1S/C24H27N3O6S/c1-2-32-21-11-9-20(10-12-21)27(16-6-13-25)23(28)18-33-24(29)19-7-5-8-22(17-19)34(30,31)26-14-3-4-15-26/h5,7-12,17H,2-4,6,14-16,18H2,1H3. The summed E-state index contributed by atoms with van der Waals surface area (Å²) in [6.45, 7) is 2.85. The van der Waals surface area contributed by atoms with Crippen molar-refractivity contribution in [3.05, 3.63) is 54.1 Å². The fourth-order valence-electron chi connectivity index (χ4n) is 3.60. The fraction of sp³-hybridized carbons (Fsp3) is 0.375. The number of hydrogen-bond donors (Lipinski definition) is 0. The summed E-state index contributed by atoms with van der Waals surface area (Å²) in [6, 6.07) is 14.4. The molecule has 0 aliphatic carbocycles. The van der Waals surface area contributed by atoms with Crippen LogP contribution >= 0.6 is 0 Å². The molecule has 0 atom stereocenters.